The molecule has 0 spiro atoms. The highest BCUT2D eigenvalue weighted by Crippen LogP contribution is 2.21. The van der Waals surface area contributed by atoms with Gasteiger partial charge in [-0.1, -0.05) is 11.6 Å². The molecule has 1 saturated heterocycles. The number of hydrogen-bond donors (Lipinski definition) is 2. The molecule has 0 radical (unpaired) electrons. The van der Waals surface area contributed by atoms with Crippen molar-refractivity contribution >= 4 is 11.6 Å². The van der Waals surface area contributed by atoms with Crippen LogP contribution in [-0.4, -0.2) is 55.6 Å². The van der Waals surface area contributed by atoms with Crippen molar-refractivity contribution in [3.8, 4) is 0 Å². The smallest absolute Gasteiger partial charge is 0.123 e. The number of piperazine rings is 1. The molecular formula is C15H24ClFN4. The second kappa shape index (κ2) is 7.51. The molecule has 21 heavy (non-hydrogen) atoms. The fourth-order valence-electron chi connectivity index (χ4n) is 2.86. The predicted molar refractivity (Wildman–Crippen MR) is 84.8 cm³/mol. The summed E-state index contributed by atoms with van der Waals surface area (Å²) in [5.74, 6) is 5.42. The van der Waals surface area contributed by atoms with Gasteiger partial charge in [-0.2, -0.15) is 0 Å². The van der Waals surface area contributed by atoms with Crippen LogP contribution in [0.5, 0.6) is 0 Å². The largest absolute Gasteiger partial charge is 0.304 e. The van der Waals surface area contributed by atoms with Gasteiger partial charge in [0, 0.05) is 36.7 Å². The number of halogens is 2. The lowest BCUT2D eigenvalue weighted by molar-refractivity contribution is 0.101. The molecule has 2 atom stereocenters. The summed E-state index contributed by atoms with van der Waals surface area (Å²) in [7, 11) is 4.27. The highest BCUT2D eigenvalue weighted by molar-refractivity contribution is 6.31. The van der Waals surface area contributed by atoms with E-state index in [2.05, 4.69) is 29.3 Å². The van der Waals surface area contributed by atoms with Gasteiger partial charge in [-0.3, -0.25) is 11.3 Å². The third kappa shape index (κ3) is 4.63. The van der Waals surface area contributed by atoms with E-state index in [1.54, 1.807) is 6.07 Å². The molecule has 2 unspecified atom stereocenters. The highest BCUT2D eigenvalue weighted by atomic mass is 35.5. The van der Waals surface area contributed by atoms with Gasteiger partial charge in [0.15, 0.2) is 0 Å². The lowest BCUT2D eigenvalue weighted by atomic mass is 9.97. The average Bonchev–Trinajstić information content (AvgIpc) is 2.45. The molecule has 0 amide bonds. The maximum Gasteiger partial charge on any atom is 0.123 e. The number of hydrazine groups is 1. The number of rotatable bonds is 5. The Hall–Kier alpha value is -0.720. The summed E-state index contributed by atoms with van der Waals surface area (Å²) < 4.78 is 13.3. The summed E-state index contributed by atoms with van der Waals surface area (Å²) >= 11 is 6.14. The summed E-state index contributed by atoms with van der Waals surface area (Å²) in [6.07, 6.45) is 1.53. The molecule has 1 fully saturated rings. The highest BCUT2D eigenvalue weighted by Gasteiger charge is 2.25. The number of nitrogens with zero attached hydrogens (tertiary/aromatic N) is 2. The second-order valence-corrected chi connectivity index (χ2v) is 6.34. The van der Waals surface area contributed by atoms with E-state index in [0.29, 0.717) is 17.5 Å². The topological polar surface area (TPSA) is 44.5 Å². The molecule has 3 N–H and O–H groups in total. The van der Waals surface area contributed by atoms with Crippen molar-refractivity contribution in [3.05, 3.63) is 34.6 Å². The molecule has 1 aliphatic heterocycles. The van der Waals surface area contributed by atoms with Crippen LogP contribution in [0.2, 0.25) is 5.02 Å². The Morgan fingerprint density at radius 3 is 2.90 bits per heavy atom. The molecule has 1 aliphatic rings. The van der Waals surface area contributed by atoms with Crippen molar-refractivity contribution in [2.75, 3.05) is 33.7 Å². The molecule has 0 aromatic heterocycles. The van der Waals surface area contributed by atoms with Gasteiger partial charge >= 0.3 is 0 Å². The van der Waals surface area contributed by atoms with E-state index < -0.39 is 0 Å². The Morgan fingerprint density at radius 2 is 2.19 bits per heavy atom. The first-order valence-corrected chi connectivity index (χ1v) is 7.66. The van der Waals surface area contributed by atoms with Crippen LogP contribution in [0.1, 0.15) is 12.0 Å². The molecule has 2 rings (SSSR count). The van der Waals surface area contributed by atoms with Crippen molar-refractivity contribution in [3.63, 3.8) is 0 Å². The molecule has 1 aromatic carbocycles. The molecule has 0 aliphatic carbocycles. The maximum atomic E-state index is 13.3. The number of nitrogens with two attached hydrogens (primary N) is 1. The summed E-state index contributed by atoms with van der Waals surface area (Å²) in [6, 6.07) is 4.98. The zero-order valence-electron chi connectivity index (χ0n) is 12.6. The van der Waals surface area contributed by atoms with Crippen LogP contribution in [0.3, 0.4) is 0 Å². The number of nitrogens with one attached hydrogen (secondary N) is 1. The quantitative estimate of drug-likeness (QED) is 0.638. The zero-order chi connectivity index (χ0) is 15.4. The van der Waals surface area contributed by atoms with Crippen LogP contribution in [-0.2, 0) is 6.42 Å². The molecule has 0 saturated carbocycles. The van der Waals surface area contributed by atoms with Gasteiger partial charge in [0.2, 0.25) is 0 Å². The summed E-state index contributed by atoms with van der Waals surface area (Å²) in [6.45, 7) is 3.16. The molecule has 118 valence electrons. The van der Waals surface area contributed by atoms with Crippen molar-refractivity contribution in [2.24, 2.45) is 5.84 Å². The van der Waals surface area contributed by atoms with Crippen molar-refractivity contribution in [1.29, 1.82) is 0 Å². The van der Waals surface area contributed by atoms with Crippen LogP contribution in [0.25, 0.3) is 0 Å². The van der Waals surface area contributed by atoms with Crippen molar-refractivity contribution < 1.29 is 4.39 Å². The summed E-state index contributed by atoms with van der Waals surface area (Å²) in [4.78, 5) is 4.69. The van der Waals surface area contributed by atoms with E-state index in [1.165, 1.54) is 12.1 Å². The van der Waals surface area contributed by atoms with Gasteiger partial charge in [0.1, 0.15) is 5.82 Å². The fraction of sp³-hybridized carbons (Fsp3) is 0.600. The molecule has 1 heterocycles. The Labute approximate surface area is 131 Å². The van der Waals surface area contributed by atoms with Gasteiger partial charge in [0.25, 0.3) is 0 Å². The standard InChI is InChI=1S/C15H24ClFN4/c1-20-5-6-21(2)14(10-20)9-13(19-18)8-11-7-12(17)3-4-15(11)16/h3-4,7,13-14,19H,5-6,8-10,18H2,1-2H3. The minimum absolute atomic E-state index is 0.0725. The van der Waals surface area contributed by atoms with E-state index in [9.17, 15) is 4.39 Å². The fourth-order valence-corrected chi connectivity index (χ4v) is 3.05. The van der Waals surface area contributed by atoms with E-state index in [1.807, 2.05) is 0 Å². The monoisotopic (exact) mass is 314 g/mol. The SMILES string of the molecule is CN1CCN(C)C(CC(Cc2cc(F)ccc2Cl)NN)C1. The van der Waals surface area contributed by atoms with Gasteiger partial charge in [-0.25, -0.2) is 4.39 Å². The lowest BCUT2D eigenvalue weighted by Crippen LogP contribution is -2.53. The second-order valence-electron chi connectivity index (χ2n) is 5.94. The number of likely N-dealkylation sites (N-methyl/N-ethyl adjacent to an activating group) is 2. The summed E-state index contributed by atoms with van der Waals surface area (Å²) in [5, 5.41) is 0.589. The Bertz CT molecular complexity index is 471. The Balaban J connectivity index is 2.01. The van der Waals surface area contributed by atoms with Crippen LogP contribution < -0.4 is 11.3 Å². The lowest BCUT2D eigenvalue weighted by Gasteiger charge is -2.39. The molecule has 1 aromatic rings. The number of hydrogen-bond acceptors (Lipinski definition) is 4. The van der Waals surface area contributed by atoms with Crippen LogP contribution in [0.15, 0.2) is 18.2 Å². The summed E-state index contributed by atoms with van der Waals surface area (Å²) in [5.41, 5.74) is 3.65. The minimum Gasteiger partial charge on any atom is -0.304 e. The van der Waals surface area contributed by atoms with Crippen LogP contribution in [0.4, 0.5) is 4.39 Å². The van der Waals surface area contributed by atoms with Gasteiger partial charge in [0.05, 0.1) is 0 Å². The van der Waals surface area contributed by atoms with Crippen LogP contribution >= 0.6 is 11.6 Å². The third-order valence-corrected chi connectivity index (χ3v) is 4.62. The molecule has 4 nitrogen and oxygen atoms in total. The van der Waals surface area contributed by atoms with E-state index >= 15 is 0 Å². The third-order valence-electron chi connectivity index (χ3n) is 4.25. The van der Waals surface area contributed by atoms with Gasteiger partial charge in [-0.15, -0.1) is 0 Å². The first-order chi connectivity index (χ1) is 9.99. The molecule has 6 heteroatoms. The molecular weight excluding hydrogens is 291 g/mol. The maximum absolute atomic E-state index is 13.3. The Kier molecular flexibility index (Phi) is 5.96. The number of benzene rings is 1. The van der Waals surface area contributed by atoms with E-state index in [-0.39, 0.29) is 11.9 Å². The van der Waals surface area contributed by atoms with Crippen molar-refractivity contribution in [2.45, 2.75) is 24.9 Å². The molecule has 0 bridgehead atoms. The predicted octanol–water partition coefficient (Wildman–Crippen LogP) is 1.49. The van der Waals surface area contributed by atoms with E-state index in [4.69, 9.17) is 17.4 Å². The van der Waals surface area contributed by atoms with Crippen LogP contribution in [0, 0.1) is 5.82 Å². The van der Waals surface area contributed by atoms with Crippen molar-refractivity contribution in [1.82, 2.24) is 15.2 Å². The average molecular weight is 315 g/mol. The first kappa shape index (κ1) is 16.6. The zero-order valence-corrected chi connectivity index (χ0v) is 13.4. The first-order valence-electron chi connectivity index (χ1n) is 7.28. The Morgan fingerprint density at radius 1 is 1.43 bits per heavy atom. The normalized spacial score (nSPS) is 22.4. The van der Waals surface area contributed by atoms with Gasteiger partial charge < -0.3 is 9.80 Å². The van der Waals surface area contributed by atoms with E-state index in [0.717, 1.165) is 31.6 Å². The minimum atomic E-state index is -0.264. The van der Waals surface area contributed by atoms with Gasteiger partial charge in [-0.05, 0) is 50.7 Å².